The van der Waals surface area contributed by atoms with Gasteiger partial charge in [0, 0.05) is 12.4 Å². The van der Waals surface area contributed by atoms with Crippen LogP contribution in [0, 0.1) is 5.92 Å². The standard InChI is InChI=1S/C10H12N2O4S/c13-10(14)9(7-3-4-7)12-17(15,16)8-2-1-5-11-6-8/h1-2,5-7,9,12H,3-4H2,(H,13,14). The van der Waals surface area contributed by atoms with E-state index < -0.39 is 22.0 Å². The Labute approximate surface area is 98.7 Å². The molecule has 1 atom stereocenters. The highest BCUT2D eigenvalue weighted by Gasteiger charge is 2.39. The molecule has 1 aromatic heterocycles. The van der Waals surface area contributed by atoms with Crippen LogP contribution in [-0.2, 0) is 14.8 Å². The fourth-order valence-electron chi connectivity index (χ4n) is 1.52. The Morgan fingerprint density at radius 2 is 2.24 bits per heavy atom. The summed E-state index contributed by atoms with van der Waals surface area (Å²) < 4.78 is 25.9. The predicted octanol–water partition coefficient (Wildman–Crippen LogP) is 0.223. The summed E-state index contributed by atoms with van der Waals surface area (Å²) in [5.74, 6) is -1.24. The molecule has 6 nitrogen and oxygen atoms in total. The molecule has 0 aliphatic heterocycles. The van der Waals surface area contributed by atoms with Crippen LogP contribution in [0.25, 0.3) is 0 Å². The smallest absolute Gasteiger partial charge is 0.322 e. The lowest BCUT2D eigenvalue weighted by Gasteiger charge is -2.13. The largest absolute Gasteiger partial charge is 0.480 e. The number of rotatable bonds is 5. The van der Waals surface area contributed by atoms with Gasteiger partial charge in [0.15, 0.2) is 0 Å². The van der Waals surface area contributed by atoms with Crippen LogP contribution >= 0.6 is 0 Å². The van der Waals surface area contributed by atoms with E-state index in [4.69, 9.17) is 5.11 Å². The van der Waals surface area contributed by atoms with Gasteiger partial charge < -0.3 is 5.11 Å². The van der Waals surface area contributed by atoms with Gasteiger partial charge in [-0.1, -0.05) is 0 Å². The molecular formula is C10H12N2O4S. The first kappa shape index (κ1) is 12.0. The van der Waals surface area contributed by atoms with Gasteiger partial charge in [0.25, 0.3) is 0 Å². The molecule has 1 unspecified atom stereocenters. The van der Waals surface area contributed by atoms with E-state index >= 15 is 0 Å². The quantitative estimate of drug-likeness (QED) is 0.785. The van der Waals surface area contributed by atoms with Crippen molar-refractivity contribution in [3.05, 3.63) is 24.5 Å². The molecule has 1 aromatic rings. The van der Waals surface area contributed by atoms with E-state index in [9.17, 15) is 13.2 Å². The van der Waals surface area contributed by atoms with Gasteiger partial charge in [-0.15, -0.1) is 0 Å². The van der Waals surface area contributed by atoms with Gasteiger partial charge in [0.05, 0.1) is 0 Å². The minimum Gasteiger partial charge on any atom is -0.480 e. The molecule has 92 valence electrons. The molecule has 1 aliphatic carbocycles. The summed E-state index contributed by atoms with van der Waals surface area (Å²) in [5.41, 5.74) is 0. The van der Waals surface area contributed by atoms with Gasteiger partial charge in [-0.3, -0.25) is 9.78 Å². The van der Waals surface area contributed by atoms with Gasteiger partial charge in [0.1, 0.15) is 10.9 Å². The van der Waals surface area contributed by atoms with Crippen molar-refractivity contribution in [1.82, 2.24) is 9.71 Å². The predicted molar refractivity (Wildman–Crippen MR) is 58.7 cm³/mol. The average Bonchev–Trinajstić information content (AvgIpc) is 3.11. The molecule has 0 spiro atoms. The van der Waals surface area contributed by atoms with Crippen LogP contribution in [0.1, 0.15) is 12.8 Å². The van der Waals surface area contributed by atoms with E-state index in [-0.39, 0.29) is 10.8 Å². The normalized spacial score (nSPS) is 17.6. The number of sulfonamides is 1. The molecule has 1 fully saturated rings. The lowest BCUT2D eigenvalue weighted by atomic mass is 10.2. The first-order valence-electron chi connectivity index (χ1n) is 5.16. The molecule has 7 heteroatoms. The van der Waals surface area contributed by atoms with Gasteiger partial charge in [0.2, 0.25) is 10.0 Å². The maximum Gasteiger partial charge on any atom is 0.322 e. The second-order valence-corrected chi connectivity index (χ2v) is 5.68. The topological polar surface area (TPSA) is 96.4 Å². The van der Waals surface area contributed by atoms with Gasteiger partial charge in [-0.25, -0.2) is 8.42 Å². The second-order valence-electron chi connectivity index (χ2n) is 3.96. The molecule has 0 amide bonds. The number of aromatic nitrogens is 1. The number of nitrogens with zero attached hydrogens (tertiary/aromatic N) is 1. The summed E-state index contributed by atoms with van der Waals surface area (Å²) in [5, 5.41) is 8.95. The zero-order chi connectivity index (χ0) is 12.5. The van der Waals surface area contributed by atoms with Gasteiger partial charge in [-0.05, 0) is 30.9 Å². The van der Waals surface area contributed by atoms with E-state index in [0.717, 1.165) is 12.8 Å². The molecule has 0 saturated heterocycles. The number of carboxylic acid groups (broad SMARTS) is 1. The summed E-state index contributed by atoms with van der Waals surface area (Å²) >= 11 is 0. The van der Waals surface area contributed by atoms with Crippen LogP contribution in [0.5, 0.6) is 0 Å². The molecule has 0 aromatic carbocycles. The molecule has 1 heterocycles. The van der Waals surface area contributed by atoms with Crippen LogP contribution < -0.4 is 4.72 Å². The van der Waals surface area contributed by atoms with Crippen molar-refractivity contribution >= 4 is 16.0 Å². The molecule has 17 heavy (non-hydrogen) atoms. The number of carbonyl (C=O) groups is 1. The first-order valence-corrected chi connectivity index (χ1v) is 6.64. The number of hydrogen-bond donors (Lipinski definition) is 2. The van der Waals surface area contributed by atoms with Crippen LogP contribution in [-0.4, -0.2) is 30.5 Å². The van der Waals surface area contributed by atoms with E-state index in [2.05, 4.69) is 9.71 Å². The van der Waals surface area contributed by atoms with Crippen LogP contribution in [0.3, 0.4) is 0 Å². The number of pyridine rings is 1. The van der Waals surface area contributed by atoms with Crippen molar-refractivity contribution in [2.24, 2.45) is 5.92 Å². The Kier molecular flexibility index (Phi) is 3.12. The number of hydrogen-bond acceptors (Lipinski definition) is 4. The summed E-state index contributed by atoms with van der Waals surface area (Å²) in [7, 11) is -3.80. The minimum atomic E-state index is -3.80. The summed E-state index contributed by atoms with van der Waals surface area (Å²) in [6, 6.07) is 1.82. The molecule has 0 radical (unpaired) electrons. The highest BCUT2D eigenvalue weighted by Crippen LogP contribution is 2.33. The van der Waals surface area contributed by atoms with Crippen molar-refractivity contribution < 1.29 is 18.3 Å². The molecule has 2 N–H and O–H groups in total. The van der Waals surface area contributed by atoms with Crippen LogP contribution in [0.15, 0.2) is 29.4 Å². The van der Waals surface area contributed by atoms with Crippen molar-refractivity contribution in [1.29, 1.82) is 0 Å². The number of nitrogens with one attached hydrogen (secondary N) is 1. The van der Waals surface area contributed by atoms with E-state index in [1.807, 2.05) is 0 Å². The van der Waals surface area contributed by atoms with Gasteiger partial charge in [-0.2, -0.15) is 4.72 Å². The fourth-order valence-corrected chi connectivity index (χ4v) is 2.74. The van der Waals surface area contributed by atoms with Crippen LogP contribution in [0.4, 0.5) is 0 Å². The van der Waals surface area contributed by atoms with Crippen LogP contribution in [0.2, 0.25) is 0 Å². The Balaban J connectivity index is 2.19. The van der Waals surface area contributed by atoms with E-state index in [0.29, 0.717) is 0 Å². The van der Waals surface area contributed by atoms with Crippen molar-refractivity contribution in [2.75, 3.05) is 0 Å². The molecule has 2 rings (SSSR count). The van der Waals surface area contributed by atoms with Crippen molar-refractivity contribution in [2.45, 2.75) is 23.8 Å². The van der Waals surface area contributed by atoms with E-state index in [1.165, 1.54) is 24.5 Å². The molecule has 1 aliphatic rings. The lowest BCUT2D eigenvalue weighted by Crippen LogP contribution is -2.42. The fraction of sp³-hybridized carbons (Fsp3) is 0.400. The third-order valence-electron chi connectivity index (χ3n) is 2.59. The number of carboxylic acids is 1. The van der Waals surface area contributed by atoms with Crippen molar-refractivity contribution in [3.8, 4) is 0 Å². The highest BCUT2D eigenvalue weighted by atomic mass is 32.2. The third-order valence-corrected chi connectivity index (χ3v) is 4.01. The molecule has 0 bridgehead atoms. The summed E-state index contributed by atoms with van der Waals surface area (Å²) in [6.07, 6.45) is 4.13. The van der Waals surface area contributed by atoms with Gasteiger partial charge >= 0.3 is 5.97 Å². The minimum absolute atomic E-state index is 0.0214. The highest BCUT2D eigenvalue weighted by molar-refractivity contribution is 7.89. The van der Waals surface area contributed by atoms with Crippen molar-refractivity contribution in [3.63, 3.8) is 0 Å². The maximum atomic E-state index is 11.9. The SMILES string of the molecule is O=C(O)C(NS(=O)(=O)c1cccnc1)C1CC1. The number of aliphatic carboxylic acids is 1. The average molecular weight is 256 g/mol. The Bertz CT molecular complexity index is 510. The third kappa shape index (κ3) is 2.80. The molecular weight excluding hydrogens is 244 g/mol. The van der Waals surface area contributed by atoms with E-state index in [1.54, 1.807) is 0 Å². The lowest BCUT2D eigenvalue weighted by molar-refractivity contribution is -0.139. The zero-order valence-electron chi connectivity index (χ0n) is 8.91. The summed E-state index contributed by atoms with van der Waals surface area (Å²) in [4.78, 5) is 14.6. The summed E-state index contributed by atoms with van der Waals surface area (Å²) in [6.45, 7) is 0. The molecule has 1 saturated carbocycles. The first-order chi connectivity index (χ1) is 8.00. The Hall–Kier alpha value is -1.47. The Morgan fingerprint density at radius 1 is 1.53 bits per heavy atom. The Morgan fingerprint density at radius 3 is 2.71 bits per heavy atom. The second kappa shape index (κ2) is 4.42. The monoisotopic (exact) mass is 256 g/mol. The maximum absolute atomic E-state index is 11.9. The zero-order valence-corrected chi connectivity index (χ0v) is 9.72.